The van der Waals surface area contributed by atoms with Gasteiger partial charge in [0.05, 0.1) is 6.10 Å². The van der Waals surface area contributed by atoms with E-state index in [-0.39, 0.29) is 12.1 Å². The molecule has 5 heteroatoms. The molecule has 0 spiro atoms. The molecule has 2 rings (SSSR count). The molecule has 1 aliphatic heterocycles. The minimum Gasteiger partial charge on any atom is -0.374 e. The minimum atomic E-state index is 0.0558. The van der Waals surface area contributed by atoms with Crippen molar-refractivity contribution >= 4 is 6.03 Å². The molecule has 0 saturated carbocycles. The predicted molar refractivity (Wildman–Crippen MR) is 102 cm³/mol. The smallest absolute Gasteiger partial charge is 0.317 e. The average Bonchev–Trinajstić information content (AvgIpc) is 2.62. The van der Waals surface area contributed by atoms with Crippen LogP contribution in [0.5, 0.6) is 0 Å². The van der Waals surface area contributed by atoms with Crippen LogP contribution in [0.3, 0.4) is 0 Å². The summed E-state index contributed by atoms with van der Waals surface area (Å²) in [6.45, 7) is 12.6. The largest absolute Gasteiger partial charge is 0.374 e. The van der Waals surface area contributed by atoms with Crippen molar-refractivity contribution in [3.8, 4) is 0 Å². The van der Waals surface area contributed by atoms with Gasteiger partial charge in [-0.3, -0.25) is 4.90 Å². The fraction of sp³-hybridized carbons (Fsp3) is 0.650. The van der Waals surface area contributed by atoms with E-state index in [0.29, 0.717) is 19.1 Å². The third-order valence-corrected chi connectivity index (χ3v) is 4.52. The van der Waals surface area contributed by atoms with Crippen molar-refractivity contribution in [3.63, 3.8) is 0 Å². The van der Waals surface area contributed by atoms with E-state index in [9.17, 15) is 4.79 Å². The number of carbonyl (C=O) groups excluding carboxylic acids is 1. The molecule has 0 aliphatic carbocycles. The zero-order chi connectivity index (χ0) is 18.1. The molecule has 1 aromatic rings. The van der Waals surface area contributed by atoms with E-state index in [1.807, 2.05) is 23.1 Å². The van der Waals surface area contributed by atoms with Crippen LogP contribution < -0.4 is 5.32 Å². The van der Waals surface area contributed by atoms with E-state index in [2.05, 4.69) is 43.1 Å². The summed E-state index contributed by atoms with van der Waals surface area (Å²) in [6, 6.07) is 10.3. The number of carbonyl (C=O) groups is 1. The van der Waals surface area contributed by atoms with Crippen LogP contribution in [0.15, 0.2) is 30.3 Å². The first-order valence-corrected chi connectivity index (χ1v) is 9.48. The summed E-state index contributed by atoms with van der Waals surface area (Å²) in [7, 11) is 0. The lowest BCUT2D eigenvalue weighted by molar-refractivity contribution is 0.0640. The van der Waals surface area contributed by atoms with E-state index in [0.717, 1.165) is 39.1 Å². The molecule has 0 aromatic heterocycles. The zero-order valence-corrected chi connectivity index (χ0v) is 15.9. The fourth-order valence-corrected chi connectivity index (χ4v) is 3.11. The third-order valence-electron chi connectivity index (χ3n) is 4.52. The number of hydrogen-bond acceptors (Lipinski definition) is 3. The molecule has 1 N–H and O–H groups in total. The van der Waals surface area contributed by atoms with Crippen LogP contribution in [-0.2, 0) is 4.74 Å². The molecule has 1 atom stereocenters. The molecule has 1 heterocycles. The van der Waals surface area contributed by atoms with Gasteiger partial charge in [0.2, 0.25) is 0 Å². The monoisotopic (exact) mass is 347 g/mol. The van der Waals surface area contributed by atoms with Gasteiger partial charge in [0, 0.05) is 45.9 Å². The van der Waals surface area contributed by atoms with Gasteiger partial charge in [-0.2, -0.15) is 0 Å². The Labute approximate surface area is 152 Å². The lowest BCUT2D eigenvalue weighted by Gasteiger charge is -2.35. The Balaban J connectivity index is 1.55. The second-order valence-corrected chi connectivity index (χ2v) is 7.19. The molecule has 1 unspecified atom stereocenters. The molecular weight excluding hydrogens is 314 g/mol. The van der Waals surface area contributed by atoms with Gasteiger partial charge < -0.3 is 15.0 Å². The van der Waals surface area contributed by atoms with Crippen molar-refractivity contribution in [1.82, 2.24) is 15.1 Å². The Hall–Kier alpha value is -1.59. The van der Waals surface area contributed by atoms with Gasteiger partial charge in [0.1, 0.15) is 0 Å². The molecule has 0 radical (unpaired) electrons. The van der Waals surface area contributed by atoms with Crippen molar-refractivity contribution in [2.45, 2.75) is 33.3 Å². The summed E-state index contributed by atoms with van der Waals surface area (Å²) in [5.41, 5.74) is 1.19. The van der Waals surface area contributed by atoms with Gasteiger partial charge >= 0.3 is 6.03 Å². The van der Waals surface area contributed by atoms with Crippen LogP contribution in [0.4, 0.5) is 4.79 Å². The Morgan fingerprint density at radius 3 is 2.44 bits per heavy atom. The number of hydrogen-bond donors (Lipinski definition) is 1. The second-order valence-electron chi connectivity index (χ2n) is 7.19. The van der Waals surface area contributed by atoms with Crippen LogP contribution >= 0.6 is 0 Å². The maximum Gasteiger partial charge on any atom is 0.317 e. The standard InChI is InChI=1S/C20H33N3O2/c1-17(2)16-22-11-13-23(14-12-22)20(24)21-10-7-15-25-18(3)19-8-5-4-6-9-19/h4-6,8-9,17-18H,7,10-16H2,1-3H3,(H,21,24). The van der Waals surface area contributed by atoms with Gasteiger partial charge in [0.25, 0.3) is 0 Å². The molecule has 25 heavy (non-hydrogen) atoms. The SMILES string of the molecule is CC(C)CN1CCN(C(=O)NCCCOC(C)c2ccccc2)CC1. The topological polar surface area (TPSA) is 44.8 Å². The van der Waals surface area contributed by atoms with Crippen LogP contribution in [0.25, 0.3) is 0 Å². The molecule has 140 valence electrons. The highest BCUT2D eigenvalue weighted by Crippen LogP contribution is 2.15. The van der Waals surface area contributed by atoms with Crippen molar-refractivity contribution in [1.29, 1.82) is 0 Å². The summed E-state index contributed by atoms with van der Waals surface area (Å²) < 4.78 is 5.83. The van der Waals surface area contributed by atoms with Gasteiger partial charge in [-0.25, -0.2) is 4.79 Å². The number of amides is 2. The summed E-state index contributed by atoms with van der Waals surface area (Å²) in [6.07, 6.45) is 0.918. The molecule has 1 fully saturated rings. The Morgan fingerprint density at radius 1 is 1.12 bits per heavy atom. The van der Waals surface area contributed by atoms with Crippen LogP contribution in [-0.4, -0.2) is 61.7 Å². The van der Waals surface area contributed by atoms with Gasteiger partial charge in [-0.05, 0) is 24.8 Å². The van der Waals surface area contributed by atoms with Gasteiger partial charge in [-0.15, -0.1) is 0 Å². The summed E-state index contributed by atoms with van der Waals surface area (Å²) >= 11 is 0. The molecule has 0 bridgehead atoms. The Morgan fingerprint density at radius 2 is 1.80 bits per heavy atom. The van der Waals surface area contributed by atoms with E-state index in [4.69, 9.17) is 4.74 Å². The zero-order valence-electron chi connectivity index (χ0n) is 15.9. The van der Waals surface area contributed by atoms with Gasteiger partial charge in [-0.1, -0.05) is 44.2 Å². The quantitative estimate of drug-likeness (QED) is 0.735. The van der Waals surface area contributed by atoms with Crippen LogP contribution in [0.1, 0.15) is 38.9 Å². The molecular formula is C20H33N3O2. The second kappa shape index (κ2) is 10.4. The summed E-state index contributed by atoms with van der Waals surface area (Å²) in [4.78, 5) is 16.6. The first kappa shape index (κ1) is 19.7. The summed E-state index contributed by atoms with van der Waals surface area (Å²) in [5, 5.41) is 3.01. The lowest BCUT2D eigenvalue weighted by atomic mass is 10.1. The molecule has 2 amide bonds. The highest BCUT2D eigenvalue weighted by molar-refractivity contribution is 5.74. The molecule has 1 saturated heterocycles. The third kappa shape index (κ3) is 7.04. The van der Waals surface area contributed by atoms with Crippen molar-refractivity contribution in [2.75, 3.05) is 45.9 Å². The van der Waals surface area contributed by atoms with E-state index < -0.39 is 0 Å². The highest BCUT2D eigenvalue weighted by Gasteiger charge is 2.20. The number of urea groups is 1. The molecule has 1 aliphatic rings. The molecule has 5 nitrogen and oxygen atoms in total. The van der Waals surface area contributed by atoms with Crippen LogP contribution in [0, 0.1) is 5.92 Å². The van der Waals surface area contributed by atoms with E-state index in [1.165, 1.54) is 5.56 Å². The normalized spacial score (nSPS) is 16.9. The average molecular weight is 348 g/mol. The number of rotatable bonds is 8. The Kier molecular flexibility index (Phi) is 8.22. The first-order valence-electron chi connectivity index (χ1n) is 9.48. The van der Waals surface area contributed by atoms with Crippen molar-refractivity contribution < 1.29 is 9.53 Å². The van der Waals surface area contributed by atoms with E-state index >= 15 is 0 Å². The number of piperazine rings is 1. The molecule has 1 aromatic carbocycles. The highest BCUT2D eigenvalue weighted by atomic mass is 16.5. The number of nitrogens with zero attached hydrogens (tertiary/aromatic N) is 2. The summed E-state index contributed by atoms with van der Waals surface area (Å²) in [5.74, 6) is 0.679. The lowest BCUT2D eigenvalue weighted by Crippen LogP contribution is -2.52. The number of benzene rings is 1. The first-order chi connectivity index (χ1) is 12.1. The number of nitrogens with one attached hydrogen (secondary N) is 1. The van der Waals surface area contributed by atoms with E-state index in [1.54, 1.807) is 0 Å². The number of ether oxygens (including phenoxy) is 1. The predicted octanol–water partition coefficient (Wildman–Crippen LogP) is 3.14. The Bertz CT molecular complexity index is 499. The fourth-order valence-electron chi connectivity index (χ4n) is 3.11. The maximum absolute atomic E-state index is 12.2. The van der Waals surface area contributed by atoms with Crippen molar-refractivity contribution in [2.24, 2.45) is 5.92 Å². The van der Waals surface area contributed by atoms with Gasteiger partial charge in [0.15, 0.2) is 0 Å². The van der Waals surface area contributed by atoms with Crippen LogP contribution in [0.2, 0.25) is 0 Å². The minimum absolute atomic E-state index is 0.0558. The maximum atomic E-state index is 12.2. The van der Waals surface area contributed by atoms with Crippen molar-refractivity contribution in [3.05, 3.63) is 35.9 Å².